The molecule has 0 unspecified atom stereocenters. The Morgan fingerprint density at radius 2 is 1.71 bits per heavy atom. The van der Waals surface area contributed by atoms with Crippen molar-refractivity contribution < 1.29 is 17.9 Å². The van der Waals surface area contributed by atoms with Crippen LogP contribution in [0.15, 0.2) is 0 Å². The van der Waals surface area contributed by atoms with Gasteiger partial charge in [0.15, 0.2) is 0 Å². The lowest BCUT2D eigenvalue weighted by Crippen LogP contribution is -2.49. The van der Waals surface area contributed by atoms with Crippen LogP contribution < -0.4 is 10.0 Å². The second-order valence-electron chi connectivity index (χ2n) is 4.88. The van der Waals surface area contributed by atoms with Crippen LogP contribution in [0, 0.1) is 0 Å². The van der Waals surface area contributed by atoms with Crippen LogP contribution in [0.4, 0.5) is 0 Å². The summed E-state index contributed by atoms with van der Waals surface area (Å²) in [7, 11) is -0.378. The minimum Gasteiger partial charge on any atom is -0.383 e. The predicted octanol–water partition coefficient (Wildman–Crippen LogP) is -1.68. The Balaban J connectivity index is 2.38. The van der Waals surface area contributed by atoms with Gasteiger partial charge in [-0.3, -0.25) is 4.90 Å². The molecule has 126 valence electrons. The maximum Gasteiger partial charge on any atom is 0.279 e. The minimum absolute atomic E-state index is 0.322. The number of nitrogens with zero attached hydrogens (tertiary/aromatic N) is 2. The average molecular weight is 324 g/mol. The number of nitrogens with one attached hydrogen (secondary N) is 2. The monoisotopic (exact) mass is 324 g/mol. The fourth-order valence-electron chi connectivity index (χ4n) is 2.10. The zero-order valence-corrected chi connectivity index (χ0v) is 13.8. The number of methoxy groups -OCH3 is 2. The van der Waals surface area contributed by atoms with Gasteiger partial charge in [0.05, 0.1) is 13.2 Å². The summed E-state index contributed by atoms with van der Waals surface area (Å²) < 4.78 is 38.4. The lowest BCUT2D eigenvalue weighted by molar-refractivity contribution is 0.149. The van der Waals surface area contributed by atoms with E-state index in [9.17, 15) is 8.42 Å². The molecular formula is C12H28N4O4S. The first-order valence-electron chi connectivity index (χ1n) is 7.26. The van der Waals surface area contributed by atoms with Crippen molar-refractivity contribution in [2.75, 3.05) is 79.8 Å². The van der Waals surface area contributed by atoms with Crippen LogP contribution in [-0.4, -0.2) is 97.4 Å². The van der Waals surface area contributed by atoms with Crippen molar-refractivity contribution in [3.05, 3.63) is 0 Å². The maximum atomic E-state index is 12.3. The van der Waals surface area contributed by atoms with Gasteiger partial charge >= 0.3 is 0 Å². The first-order valence-corrected chi connectivity index (χ1v) is 8.70. The van der Waals surface area contributed by atoms with Crippen molar-refractivity contribution >= 4 is 10.2 Å². The number of hydrogen-bond donors (Lipinski definition) is 2. The van der Waals surface area contributed by atoms with Gasteiger partial charge in [0.2, 0.25) is 0 Å². The van der Waals surface area contributed by atoms with E-state index in [1.807, 2.05) is 0 Å². The fourth-order valence-corrected chi connectivity index (χ4v) is 3.26. The number of ether oxygens (including phenoxy) is 2. The molecule has 0 atom stereocenters. The van der Waals surface area contributed by atoms with Gasteiger partial charge in [-0.2, -0.15) is 12.7 Å². The first-order chi connectivity index (χ1) is 10.1. The standard InChI is InChI=1S/C12H28N4O4S/c1-19-11-9-16(10-12-20-2)21(17,18)14-5-8-15-6-3-13-4-7-15/h13-14H,3-12H2,1-2H3. The van der Waals surface area contributed by atoms with Crippen LogP contribution in [0.5, 0.6) is 0 Å². The van der Waals surface area contributed by atoms with Gasteiger partial charge in [0, 0.05) is 66.6 Å². The van der Waals surface area contributed by atoms with Crippen LogP contribution in [0.25, 0.3) is 0 Å². The van der Waals surface area contributed by atoms with E-state index in [0.717, 1.165) is 32.7 Å². The first kappa shape index (κ1) is 18.8. The summed E-state index contributed by atoms with van der Waals surface area (Å²) >= 11 is 0. The van der Waals surface area contributed by atoms with E-state index in [4.69, 9.17) is 9.47 Å². The Hall–Kier alpha value is -0.290. The smallest absolute Gasteiger partial charge is 0.279 e. The summed E-state index contributed by atoms with van der Waals surface area (Å²) in [6.07, 6.45) is 0. The normalized spacial score (nSPS) is 17.5. The number of hydrogen-bond acceptors (Lipinski definition) is 6. The highest BCUT2D eigenvalue weighted by Gasteiger charge is 2.21. The SMILES string of the molecule is COCCN(CCOC)S(=O)(=O)NCCN1CCNCC1. The molecule has 1 aliphatic heterocycles. The van der Waals surface area contributed by atoms with Gasteiger partial charge in [-0.15, -0.1) is 0 Å². The van der Waals surface area contributed by atoms with Gasteiger partial charge in [-0.25, -0.2) is 4.72 Å². The topological polar surface area (TPSA) is 83.1 Å². The highest BCUT2D eigenvalue weighted by molar-refractivity contribution is 7.87. The van der Waals surface area contributed by atoms with Crippen molar-refractivity contribution in [2.45, 2.75) is 0 Å². The Kier molecular flexibility index (Phi) is 9.32. The van der Waals surface area contributed by atoms with E-state index in [-0.39, 0.29) is 0 Å². The molecule has 0 radical (unpaired) electrons. The quantitative estimate of drug-likeness (QED) is 0.472. The lowest BCUT2D eigenvalue weighted by Gasteiger charge is -2.28. The van der Waals surface area contributed by atoms with E-state index in [1.165, 1.54) is 4.31 Å². The number of piperazine rings is 1. The average Bonchev–Trinajstić information content (AvgIpc) is 2.48. The summed E-state index contributed by atoms with van der Waals surface area (Å²) in [4.78, 5) is 2.24. The van der Waals surface area contributed by atoms with Crippen molar-refractivity contribution in [3.8, 4) is 0 Å². The van der Waals surface area contributed by atoms with E-state index in [0.29, 0.717) is 32.8 Å². The molecule has 8 nitrogen and oxygen atoms in total. The maximum absolute atomic E-state index is 12.3. The summed E-state index contributed by atoms with van der Waals surface area (Å²) in [5.74, 6) is 0. The summed E-state index contributed by atoms with van der Waals surface area (Å²) in [6.45, 7) is 6.34. The summed E-state index contributed by atoms with van der Waals surface area (Å²) in [6, 6.07) is 0. The molecule has 1 saturated heterocycles. The zero-order valence-electron chi connectivity index (χ0n) is 13.0. The molecule has 0 bridgehead atoms. The third-order valence-electron chi connectivity index (χ3n) is 3.35. The van der Waals surface area contributed by atoms with Gasteiger partial charge in [-0.1, -0.05) is 0 Å². The second kappa shape index (κ2) is 10.4. The highest BCUT2D eigenvalue weighted by atomic mass is 32.2. The van der Waals surface area contributed by atoms with Gasteiger partial charge in [0.1, 0.15) is 0 Å². The van der Waals surface area contributed by atoms with Gasteiger partial charge in [-0.05, 0) is 0 Å². The summed E-state index contributed by atoms with van der Waals surface area (Å²) in [5, 5.41) is 3.27. The molecule has 0 spiro atoms. The van der Waals surface area contributed by atoms with Crippen LogP contribution in [0.1, 0.15) is 0 Å². The Morgan fingerprint density at radius 3 is 2.24 bits per heavy atom. The molecule has 0 aromatic carbocycles. The lowest BCUT2D eigenvalue weighted by atomic mass is 10.3. The molecule has 0 aromatic rings. The molecule has 2 N–H and O–H groups in total. The fraction of sp³-hybridized carbons (Fsp3) is 1.00. The Bertz CT molecular complexity index is 352. The molecule has 0 saturated carbocycles. The second-order valence-corrected chi connectivity index (χ2v) is 6.63. The third-order valence-corrected chi connectivity index (χ3v) is 4.97. The molecule has 0 aromatic heterocycles. The third kappa shape index (κ3) is 7.50. The van der Waals surface area contributed by atoms with Crippen LogP contribution in [-0.2, 0) is 19.7 Å². The molecule has 21 heavy (non-hydrogen) atoms. The largest absolute Gasteiger partial charge is 0.383 e. The number of rotatable bonds is 11. The Morgan fingerprint density at radius 1 is 1.14 bits per heavy atom. The van der Waals surface area contributed by atoms with Crippen molar-refractivity contribution in [2.24, 2.45) is 0 Å². The van der Waals surface area contributed by atoms with Crippen molar-refractivity contribution in [3.63, 3.8) is 0 Å². The van der Waals surface area contributed by atoms with Crippen LogP contribution in [0.2, 0.25) is 0 Å². The molecular weight excluding hydrogens is 296 g/mol. The summed E-state index contributed by atoms with van der Waals surface area (Å²) in [5.41, 5.74) is 0. The molecule has 1 heterocycles. The van der Waals surface area contributed by atoms with E-state index >= 15 is 0 Å². The molecule has 1 aliphatic rings. The zero-order chi connectivity index (χ0) is 15.6. The Labute approximate surface area is 127 Å². The van der Waals surface area contributed by atoms with Crippen molar-refractivity contribution in [1.29, 1.82) is 0 Å². The molecule has 1 rings (SSSR count). The van der Waals surface area contributed by atoms with Crippen molar-refractivity contribution in [1.82, 2.24) is 19.2 Å². The van der Waals surface area contributed by atoms with Gasteiger partial charge < -0.3 is 14.8 Å². The highest BCUT2D eigenvalue weighted by Crippen LogP contribution is 1.99. The molecule has 0 aliphatic carbocycles. The van der Waals surface area contributed by atoms with Crippen LogP contribution >= 0.6 is 0 Å². The van der Waals surface area contributed by atoms with Crippen LogP contribution in [0.3, 0.4) is 0 Å². The molecule has 9 heteroatoms. The molecule has 1 fully saturated rings. The minimum atomic E-state index is -3.49. The predicted molar refractivity (Wildman–Crippen MR) is 81.6 cm³/mol. The van der Waals surface area contributed by atoms with E-state index in [2.05, 4.69) is 14.9 Å². The van der Waals surface area contributed by atoms with Gasteiger partial charge in [0.25, 0.3) is 10.2 Å². The molecule has 0 amide bonds. The van der Waals surface area contributed by atoms with E-state index in [1.54, 1.807) is 14.2 Å². The van der Waals surface area contributed by atoms with E-state index < -0.39 is 10.2 Å².